The quantitative estimate of drug-likeness (QED) is 0.810. The van der Waals surface area contributed by atoms with Crippen LogP contribution in [0.15, 0.2) is 6.07 Å². The monoisotopic (exact) mass is 213 g/mol. The van der Waals surface area contributed by atoms with Gasteiger partial charge in [-0.05, 0) is 31.4 Å². The van der Waals surface area contributed by atoms with E-state index in [2.05, 4.69) is 6.92 Å². The molecule has 3 heteroatoms. The topological polar surface area (TPSA) is 46.2 Å². The Morgan fingerprint density at radius 2 is 1.93 bits per heavy atom. The molecule has 0 aliphatic rings. The molecule has 0 amide bonds. The Kier molecular flexibility index (Phi) is 3.70. The minimum Gasteiger partial charge on any atom is -0.387 e. The first-order valence-electron chi connectivity index (χ1n) is 4.94. The van der Waals surface area contributed by atoms with E-state index in [0.717, 1.165) is 5.56 Å². The molecule has 1 rings (SSSR count). The Balaban J connectivity index is 2.88. The summed E-state index contributed by atoms with van der Waals surface area (Å²) in [6.45, 7) is 8.14. The molecule has 3 N–H and O–H groups in total. The average Bonchev–Trinajstić information content (AvgIpc) is 2.42. The van der Waals surface area contributed by atoms with Crippen molar-refractivity contribution in [3.8, 4) is 0 Å². The summed E-state index contributed by atoms with van der Waals surface area (Å²) in [5.74, 6) is 0.296. The van der Waals surface area contributed by atoms with Gasteiger partial charge in [-0.15, -0.1) is 11.3 Å². The Morgan fingerprint density at radius 1 is 1.36 bits per heavy atom. The SMILES string of the molecule is Cc1cc(C(O)C(N)C(C)C)c(C)s1. The summed E-state index contributed by atoms with van der Waals surface area (Å²) < 4.78 is 0. The predicted octanol–water partition coefficient (Wildman–Crippen LogP) is 2.38. The number of hydrogen-bond acceptors (Lipinski definition) is 3. The molecular formula is C11H19NOS. The van der Waals surface area contributed by atoms with Gasteiger partial charge in [0.1, 0.15) is 0 Å². The molecule has 0 aliphatic heterocycles. The van der Waals surface area contributed by atoms with Crippen LogP contribution in [0, 0.1) is 19.8 Å². The predicted molar refractivity (Wildman–Crippen MR) is 61.6 cm³/mol. The molecule has 2 unspecified atom stereocenters. The van der Waals surface area contributed by atoms with Crippen molar-refractivity contribution in [2.45, 2.75) is 39.8 Å². The Morgan fingerprint density at radius 3 is 2.29 bits per heavy atom. The van der Waals surface area contributed by atoms with Crippen molar-refractivity contribution in [2.75, 3.05) is 0 Å². The maximum atomic E-state index is 10.0. The Labute approximate surface area is 89.8 Å². The van der Waals surface area contributed by atoms with E-state index in [9.17, 15) is 5.11 Å². The van der Waals surface area contributed by atoms with Crippen molar-refractivity contribution < 1.29 is 5.11 Å². The van der Waals surface area contributed by atoms with Crippen molar-refractivity contribution in [2.24, 2.45) is 11.7 Å². The van der Waals surface area contributed by atoms with Crippen molar-refractivity contribution in [3.05, 3.63) is 21.4 Å². The zero-order valence-corrected chi connectivity index (χ0v) is 10.1. The second-order valence-electron chi connectivity index (χ2n) is 4.13. The molecule has 80 valence electrons. The van der Waals surface area contributed by atoms with Gasteiger partial charge in [-0.25, -0.2) is 0 Å². The van der Waals surface area contributed by atoms with Gasteiger partial charge in [-0.3, -0.25) is 0 Å². The lowest BCUT2D eigenvalue weighted by Crippen LogP contribution is -2.33. The van der Waals surface area contributed by atoms with Crippen LogP contribution in [-0.2, 0) is 0 Å². The minimum absolute atomic E-state index is 0.178. The fraction of sp³-hybridized carbons (Fsp3) is 0.636. The van der Waals surface area contributed by atoms with E-state index < -0.39 is 6.10 Å². The number of nitrogens with two attached hydrogens (primary N) is 1. The third-order valence-corrected chi connectivity index (χ3v) is 3.51. The molecule has 2 nitrogen and oxygen atoms in total. The highest BCUT2D eigenvalue weighted by atomic mass is 32.1. The zero-order valence-electron chi connectivity index (χ0n) is 9.24. The molecule has 0 saturated heterocycles. The standard InChI is InChI=1S/C11H19NOS/c1-6(2)10(12)11(13)9-5-7(3)14-8(9)4/h5-6,10-11,13H,12H2,1-4H3. The molecule has 2 atom stereocenters. The summed E-state index contributed by atoms with van der Waals surface area (Å²) in [6, 6.07) is 1.86. The lowest BCUT2D eigenvalue weighted by Gasteiger charge is -2.22. The smallest absolute Gasteiger partial charge is 0.0954 e. The number of rotatable bonds is 3. The van der Waals surface area contributed by atoms with Gasteiger partial charge in [0.05, 0.1) is 6.10 Å². The highest BCUT2D eigenvalue weighted by Crippen LogP contribution is 2.29. The molecule has 0 saturated carbocycles. The van der Waals surface area contributed by atoms with Crippen LogP contribution in [0.3, 0.4) is 0 Å². The van der Waals surface area contributed by atoms with E-state index >= 15 is 0 Å². The summed E-state index contributed by atoms with van der Waals surface area (Å²) in [5.41, 5.74) is 6.92. The van der Waals surface area contributed by atoms with Crippen LogP contribution in [0.25, 0.3) is 0 Å². The molecule has 1 aromatic rings. The Hall–Kier alpha value is -0.380. The normalized spacial score (nSPS) is 15.9. The molecule has 1 heterocycles. The lowest BCUT2D eigenvalue weighted by molar-refractivity contribution is 0.125. The third-order valence-electron chi connectivity index (χ3n) is 2.53. The Bertz CT molecular complexity index is 306. The first-order valence-corrected chi connectivity index (χ1v) is 5.75. The van der Waals surface area contributed by atoms with Gasteiger partial charge in [-0.2, -0.15) is 0 Å². The third kappa shape index (κ3) is 2.35. The van der Waals surface area contributed by atoms with E-state index in [-0.39, 0.29) is 6.04 Å². The van der Waals surface area contributed by atoms with Gasteiger partial charge in [0.25, 0.3) is 0 Å². The lowest BCUT2D eigenvalue weighted by atomic mass is 9.94. The van der Waals surface area contributed by atoms with E-state index in [1.807, 2.05) is 26.8 Å². The van der Waals surface area contributed by atoms with Gasteiger partial charge in [0.2, 0.25) is 0 Å². The molecule has 0 bridgehead atoms. The van der Waals surface area contributed by atoms with E-state index in [0.29, 0.717) is 5.92 Å². The van der Waals surface area contributed by atoms with Crippen LogP contribution in [0.1, 0.15) is 35.3 Å². The van der Waals surface area contributed by atoms with Gasteiger partial charge in [0, 0.05) is 15.8 Å². The summed E-state index contributed by atoms with van der Waals surface area (Å²) >= 11 is 1.71. The number of aliphatic hydroxyl groups excluding tert-OH is 1. The first kappa shape index (κ1) is 11.7. The molecule has 14 heavy (non-hydrogen) atoms. The molecule has 0 fully saturated rings. The van der Waals surface area contributed by atoms with Crippen molar-refractivity contribution in [1.29, 1.82) is 0 Å². The van der Waals surface area contributed by atoms with Gasteiger partial charge in [0.15, 0.2) is 0 Å². The van der Waals surface area contributed by atoms with E-state index in [1.54, 1.807) is 11.3 Å². The van der Waals surface area contributed by atoms with Gasteiger partial charge >= 0.3 is 0 Å². The van der Waals surface area contributed by atoms with Crippen LogP contribution < -0.4 is 5.73 Å². The van der Waals surface area contributed by atoms with Crippen LogP contribution in [-0.4, -0.2) is 11.1 Å². The van der Waals surface area contributed by atoms with E-state index in [4.69, 9.17) is 5.73 Å². The first-order chi connectivity index (χ1) is 6.43. The van der Waals surface area contributed by atoms with E-state index in [1.165, 1.54) is 9.75 Å². The molecule has 0 radical (unpaired) electrons. The highest BCUT2D eigenvalue weighted by molar-refractivity contribution is 7.12. The number of thiophene rings is 1. The highest BCUT2D eigenvalue weighted by Gasteiger charge is 2.22. The van der Waals surface area contributed by atoms with Crippen molar-refractivity contribution >= 4 is 11.3 Å². The summed E-state index contributed by atoms with van der Waals surface area (Å²) in [4.78, 5) is 2.40. The molecular weight excluding hydrogens is 194 g/mol. The summed E-state index contributed by atoms with van der Waals surface area (Å²) in [5, 5.41) is 10.0. The van der Waals surface area contributed by atoms with Crippen LogP contribution in [0.2, 0.25) is 0 Å². The van der Waals surface area contributed by atoms with Crippen LogP contribution >= 0.6 is 11.3 Å². The zero-order chi connectivity index (χ0) is 10.9. The largest absolute Gasteiger partial charge is 0.387 e. The summed E-state index contributed by atoms with van der Waals surface area (Å²) in [6.07, 6.45) is -0.528. The van der Waals surface area contributed by atoms with Crippen molar-refractivity contribution in [3.63, 3.8) is 0 Å². The van der Waals surface area contributed by atoms with Crippen LogP contribution in [0.4, 0.5) is 0 Å². The average molecular weight is 213 g/mol. The van der Waals surface area contributed by atoms with Crippen LogP contribution in [0.5, 0.6) is 0 Å². The second-order valence-corrected chi connectivity index (χ2v) is 5.60. The van der Waals surface area contributed by atoms with Crippen molar-refractivity contribution in [1.82, 2.24) is 0 Å². The molecule has 1 aromatic heterocycles. The molecule has 0 aromatic carbocycles. The maximum Gasteiger partial charge on any atom is 0.0954 e. The number of aliphatic hydroxyl groups is 1. The molecule has 0 aliphatic carbocycles. The number of aryl methyl sites for hydroxylation is 2. The van der Waals surface area contributed by atoms with Gasteiger partial charge in [-0.1, -0.05) is 13.8 Å². The van der Waals surface area contributed by atoms with Gasteiger partial charge < -0.3 is 10.8 Å². The maximum absolute atomic E-state index is 10.0. The molecule has 0 spiro atoms. The fourth-order valence-corrected chi connectivity index (χ4v) is 2.48. The minimum atomic E-state index is -0.528. The summed E-state index contributed by atoms with van der Waals surface area (Å²) in [7, 11) is 0. The fourth-order valence-electron chi connectivity index (χ4n) is 1.52. The second kappa shape index (κ2) is 4.43. The number of hydrogen-bond donors (Lipinski definition) is 2.